The molecular formula is C17H17Br2ClO. The Bertz CT molecular complexity index is 608. The van der Waals surface area contributed by atoms with E-state index < -0.39 is 0 Å². The van der Waals surface area contributed by atoms with Crippen LogP contribution in [0.25, 0.3) is 0 Å². The Hall–Kier alpha value is -0.510. The molecular weight excluding hydrogens is 415 g/mol. The van der Waals surface area contributed by atoms with Crippen LogP contribution in [0.4, 0.5) is 0 Å². The Morgan fingerprint density at radius 2 is 1.90 bits per heavy atom. The van der Waals surface area contributed by atoms with Crippen LogP contribution in [0.3, 0.4) is 0 Å². The highest BCUT2D eigenvalue weighted by molar-refractivity contribution is 9.10. The van der Waals surface area contributed by atoms with Crippen molar-refractivity contribution in [1.82, 2.24) is 0 Å². The monoisotopic (exact) mass is 430 g/mol. The van der Waals surface area contributed by atoms with Crippen molar-refractivity contribution in [3.8, 4) is 5.75 Å². The molecule has 0 heterocycles. The van der Waals surface area contributed by atoms with Crippen molar-refractivity contribution in [2.24, 2.45) is 0 Å². The third-order valence-corrected chi connectivity index (χ3v) is 4.96. The number of benzene rings is 2. The quantitative estimate of drug-likeness (QED) is 0.479. The summed E-state index contributed by atoms with van der Waals surface area (Å²) in [5.41, 5.74) is 3.46. The van der Waals surface area contributed by atoms with E-state index >= 15 is 0 Å². The van der Waals surface area contributed by atoms with Crippen LogP contribution in [0.5, 0.6) is 5.75 Å². The highest BCUT2D eigenvalue weighted by Crippen LogP contribution is 2.36. The molecule has 0 bridgehead atoms. The molecule has 0 aliphatic carbocycles. The molecule has 1 unspecified atom stereocenters. The Kier molecular flexibility index (Phi) is 6.15. The van der Waals surface area contributed by atoms with Gasteiger partial charge >= 0.3 is 0 Å². The molecule has 112 valence electrons. The number of hydrogen-bond acceptors (Lipinski definition) is 1. The smallest absolute Gasteiger partial charge is 0.133 e. The van der Waals surface area contributed by atoms with Crippen LogP contribution in [0.2, 0.25) is 5.02 Å². The summed E-state index contributed by atoms with van der Waals surface area (Å²) in [6.45, 7) is 4.87. The van der Waals surface area contributed by atoms with Crippen LogP contribution in [0, 0.1) is 6.92 Å². The summed E-state index contributed by atoms with van der Waals surface area (Å²) in [4.78, 5) is 0.103. The second-order valence-corrected chi connectivity index (χ2v) is 7.17. The Balaban J connectivity index is 2.26. The Labute approximate surface area is 147 Å². The first-order chi connectivity index (χ1) is 10.0. The van der Waals surface area contributed by atoms with Crippen LogP contribution in [-0.2, 0) is 0 Å². The molecule has 1 nitrogen and oxygen atoms in total. The topological polar surface area (TPSA) is 9.23 Å². The van der Waals surface area contributed by atoms with Gasteiger partial charge < -0.3 is 4.74 Å². The van der Waals surface area contributed by atoms with E-state index in [1.54, 1.807) is 0 Å². The predicted octanol–water partition coefficient (Wildman–Crippen LogP) is 6.68. The minimum absolute atomic E-state index is 0.103. The summed E-state index contributed by atoms with van der Waals surface area (Å²) in [7, 11) is 0. The molecule has 0 N–H and O–H groups in total. The van der Waals surface area contributed by atoms with Gasteiger partial charge in [-0.25, -0.2) is 0 Å². The van der Waals surface area contributed by atoms with Gasteiger partial charge in [0.2, 0.25) is 0 Å². The molecule has 2 rings (SSSR count). The van der Waals surface area contributed by atoms with Crippen LogP contribution in [0.1, 0.15) is 34.9 Å². The average molecular weight is 433 g/mol. The predicted molar refractivity (Wildman–Crippen MR) is 96.9 cm³/mol. The van der Waals surface area contributed by atoms with Crippen molar-refractivity contribution in [3.63, 3.8) is 0 Å². The van der Waals surface area contributed by atoms with Crippen molar-refractivity contribution in [2.75, 3.05) is 6.61 Å². The van der Waals surface area contributed by atoms with Gasteiger partial charge in [-0.15, -0.1) is 0 Å². The molecule has 2 aromatic rings. The van der Waals surface area contributed by atoms with Crippen LogP contribution < -0.4 is 4.74 Å². The van der Waals surface area contributed by atoms with E-state index in [1.807, 2.05) is 25.1 Å². The highest BCUT2D eigenvalue weighted by Gasteiger charge is 2.13. The molecule has 0 spiro atoms. The Morgan fingerprint density at radius 1 is 1.14 bits per heavy atom. The van der Waals surface area contributed by atoms with E-state index in [2.05, 4.69) is 57.0 Å². The van der Waals surface area contributed by atoms with Crippen molar-refractivity contribution in [1.29, 1.82) is 0 Å². The SMILES string of the molecule is CCCOc1ccc(C(Br)c2cc(C)cc(Cl)c2)cc1Br. The number of hydrogen-bond donors (Lipinski definition) is 0. The number of alkyl halides is 1. The minimum Gasteiger partial charge on any atom is -0.492 e. The first-order valence-electron chi connectivity index (χ1n) is 6.84. The Morgan fingerprint density at radius 3 is 2.52 bits per heavy atom. The lowest BCUT2D eigenvalue weighted by atomic mass is 10.0. The number of halogens is 3. The molecule has 0 saturated heterocycles. The van der Waals surface area contributed by atoms with Crippen molar-refractivity contribution in [3.05, 3.63) is 62.6 Å². The molecule has 1 atom stereocenters. The first kappa shape index (κ1) is 16.9. The number of rotatable bonds is 5. The van der Waals surface area contributed by atoms with Gasteiger partial charge in [-0.2, -0.15) is 0 Å². The van der Waals surface area contributed by atoms with Gasteiger partial charge in [0.25, 0.3) is 0 Å². The second kappa shape index (κ2) is 7.66. The van der Waals surface area contributed by atoms with Gasteiger partial charge in [0.05, 0.1) is 15.9 Å². The van der Waals surface area contributed by atoms with Crippen LogP contribution >= 0.6 is 43.5 Å². The zero-order valence-electron chi connectivity index (χ0n) is 12.0. The third kappa shape index (κ3) is 4.48. The normalized spacial score (nSPS) is 12.2. The summed E-state index contributed by atoms with van der Waals surface area (Å²) in [6, 6.07) is 12.2. The highest BCUT2D eigenvalue weighted by atomic mass is 79.9. The van der Waals surface area contributed by atoms with Crippen LogP contribution in [0.15, 0.2) is 40.9 Å². The summed E-state index contributed by atoms with van der Waals surface area (Å²) in [6.07, 6.45) is 0.997. The summed E-state index contributed by atoms with van der Waals surface area (Å²) in [5, 5.41) is 0.761. The van der Waals surface area contributed by atoms with Gasteiger partial charge in [0, 0.05) is 5.02 Å². The fourth-order valence-corrected chi connectivity index (χ4v) is 3.47. The summed E-state index contributed by atoms with van der Waals surface area (Å²) < 4.78 is 6.65. The number of ether oxygens (including phenoxy) is 1. The summed E-state index contributed by atoms with van der Waals surface area (Å²) in [5.74, 6) is 0.877. The maximum Gasteiger partial charge on any atom is 0.133 e. The van der Waals surface area contributed by atoms with Crippen molar-refractivity contribution < 1.29 is 4.74 Å². The fraction of sp³-hybridized carbons (Fsp3) is 0.294. The average Bonchev–Trinajstić information content (AvgIpc) is 2.44. The van der Waals surface area contributed by atoms with Gasteiger partial charge in [-0.1, -0.05) is 46.6 Å². The largest absolute Gasteiger partial charge is 0.492 e. The molecule has 0 aromatic heterocycles. The molecule has 0 saturated carbocycles. The second-order valence-electron chi connectivity index (χ2n) is 4.96. The lowest BCUT2D eigenvalue weighted by molar-refractivity contribution is 0.315. The minimum atomic E-state index is 0.103. The van der Waals surface area contributed by atoms with Crippen molar-refractivity contribution in [2.45, 2.75) is 25.1 Å². The molecule has 21 heavy (non-hydrogen) atoms. The standard InChI is InChI=1S/C17H17Br2ClO/c1-3-6-21-16-5-4-12(10-15(16)18)17(19)13-7-11(2)8-14(20)9-13/h4-5,7-10,17H,3,6H2,1-2H3. The van der Waals surface area contributed by atoms with E-state index in [0.29, 0.717) is 0 Å². The molecule has 0 amide bonds. The maximum absolute atomic E-state index is 6.15. The molecule has 0 fully saturated rings. The lowest BCUT2D eigenvalue weighted by Gasteiger charge is -2.14. The molecule has 0 aliphatic rings. The molecule has 0 radical (unpaired) electrons. The van der Waals surface area contributed by atoms with Gasteiger partial charge in [-0.3, -0.25) is 0 Å². The third-order valence-electron chi connectivity index (χ3n) is 3.07. The van der Waals surface area contributed by atoms with E-state index in [0.717, 1.165) is 45.0 Å². The van der Waals surface area contributed by atoms with Crippen molar-refractivity contribution >= 4 is 43.5 Å². The molecule has 0 aliphatic heterocycles. The maximum atomic E-state index is 6.15. The first-order valence-corrected chi connectivity index (χ1v) is 8.93. The number of aryl methyl sites for hydroxylation is 1. The summed E-state index contributed by atoms with van der Waals surface area (Å²) >= 11 is 13.5. The van der Waals surface area contributed by atoms with E-state index in [4.69, 9.17) is 16.3 Å². The van der Waals surface area contributed by atoms with Gasteiger partial charge in [0.15, 0.2) is 0 Å². The van der Waals surface area contributed by atoms with Crippen LogP contribution in [-0.4, -0.2) is 6.61 Å². The molecule has 2 aromatic carbocycles. The van der Waals surface area contributed by atoms with Gasteiger partial charge in [-0.05, 0) is 70.2 Å². The fourth-order valence-electron chi connectivity index (χ4n) is 2.11. The lowest BCUT2D eigenvalue weighted by Crippen LogP contribution is -1.98. The zero-order valence-corrected chi connectivity index (χ0v) is 15.9. The van der Waals surface area contributed by atoms with E-state index in [1.165, 1.54) is 0 Å². The van der Waals surface area contributed by atoms with Gasteiger partial charge in [0.1, 0.15) is 5.75 Å². The van der Waals surface area contributed by atoms with E-state index in [9.17, 15) is 0 Å². The van der Waals surface area contributed by atoms with E-state index in [-0.39, 0.29) is 4.83 Å². The molecule has 4 heteroatoms. The zero-order chi connectivity index (χ0) is 15.4.